The Labute approximate surface area is 315 Å². The van der Waals surface area contributed by atoms with E-state index in [0.29, 0.717) is 29.2 Å². The lowest BCUT2D eigenvalue weighted by molar-refractivity contribution is -0.359. The predicted octanol–water partition coefficient (Wildman–Crippen LogP) is 8.56. The lowest BCUT2D eigenvalue weighted by Crippen LogP contribution is -2.69. The van der Waals surface area contributed by atoms with Crippen molar-refractivity contribution in [2.24, 2.45) is 0 Å². The molecule has 1 unspecified atom stereocenters. The molecule has 6 atom stereocenters. The highest BCUT2D eigenvalue weighted by Crippen LogP contribution is 2.54. The van der Waals surface area contributed by atoms with Gasteiger partial charge in [0.15, 0.2) is 11.6 Å². The molecule has 0 amide bonds. The minimum atomic E-state index is -1.54. The zero-order chi connectivity index (χ0) is 36.8. The molecule has 276 valence electrons. The molecule has 2 saturated heterocycles. The molecule has 7 rings (SSSR count). The number of hydrogen-bond acceptors (Lipinski definition) is 7. The molecule has 2 heterocycles. The van der Waals surface area contributed by atoms with Crippen LogP contribution in [0, 0.1) is 5.82 Å². The van der Waals surface area contributed by atoms with Crippen molar-refractivity contribution in [2.45, 2.75) is 75.9 Å². The Morgan fingerprint density at radius 2 is 1.34 bits per heavy atom. The average molecular weight is 739 g/mol. The molecule has 0 aromatic heterocycles. The van der Waals surface area contributed by atoms with Gasteiger partial charge in [-0.15, -0.1) is 0 Å². The Morgan fingerprint density at radius 1 is 0.755 bits per heavy atom. The van der Waals surface area contributed by atoms with Gasteiger partial charge in [0, 0.05) is 10.6 Å². The van der Waals surface area contributed by atoms with Gasteiger partial charge in [-0.25, -0.2) is 4.39 Å². The van der Waals surface area contributed by atoms with E-state index >= 15 is 0 Å². The highest BCUT2D eigenvalue weighted by atomic mass is 35.5. The minimum absolute atomic E-state index is 0.00256. The third-order valence-electron chi connectivity index (χ3n) is 9.98. The Hall–Kier alpha value is -4.12. The molecular weight excluding hydrogens is 695 g/mol. The van der Waals surface area contributed by atoms with Gasteiger partial charge in [-0.05, 0) is 72.4 Å². The van der Waals surface area contributed by atoms with E-state index in [9.17, 15) is 9.50 Å². The van der Waals surface area contributed by atoms with Crippen LogP contribution in [0.1, 0.15) is 47.2 Å². The fraction of sp³-hybridized carbons (Fsp3) is 0.318. The van der Waals surface area contributed by atoms with Crippen LogP contribution < -0.4 is 4.74 Å². The third kappa shape index (κ3) is 7.91. The Balaban J connectivity index is 1.31. The van der Waals surface area contributed by atoms with Gasteiger partial charge in [0.2, 0.25) is 5.79 Å². The molecule has 9 heteroatoms. The van der Waals surface area contributed by atoms with Crippen LogP contribution >= 0.6 is 11.6 Å². The molecule has 5 aromatic rings. The summed E-state index contributed by atoms with van der Waals surface area (Å²) in [5, 5.41) is 12.1. The van der Waals surface area contributed by atoms with E-state index in [1.54, 1.807) is 19.1 Å². The number of aliphatic hydroxyl groups is 1. The van der Waals surface area contributed by atoms with E-state index in [2.05, 4.69) is 0 Å². The molecule has 1 N–H and O–H groups in total. The van der Waals surface area contributed by atoms with Gasteiger partial charge in [0.25, 0.3) is 0 Å². The quantitative estimate of drug-likeness (QED) is 0.115. The van der Waals surface area contributed by atoms with Crippen LogP contribution in [0.4, 0.5) is 4.39 Å². The van der Waals surface area contributed by atoms with E-state index in [0.717, 1.165) is 22.3 Å². The van der Waals surface area contributed by atoms with Crippen molar-refractivity contribution < 1.29 is 37.9 Å². The zero-order valence-corrected chi connectivity index (χ0v) is 30.6. The van der Waals surface area contributed by atoms with Gasteiger partial charge in [-0.2, -0.15) is 0 Å². The van der Waals surface area contributed by atoms with Gasteiger partial charge in [0.05, 0.1) is 39.1 Å². The van der Waals surface area contributed by atoms with Crippen LogP contribution in [-0.4, -0.2) is 48.3 Å². The zero-order valence-electron chi connectivity index (χ0n) is 29.8. The first-order chi connectivity index (χ1) is 25.8. The second-order valence-corrected chi connectivity index (χ2v) is 14.0. The number of rotatable bonds is 15. The molecule has 53 heavy (non-hydrogen) atoms. The maximum Gasteiger partial charge on any atom is 0.225 e. The molecule has 7 nitrogen and oxygen atoms in total. The summed E-state index contributed by atoms with van der Waals surface area (Å²) in [5.41, 5.74) is 3.61. The number of halogens is 2. The summed E-state index contributed by atoms with van der Waals surface area (Å²) >= 11 is 6.81. The van der Waals surface area contributed by atoms with Gasteiger partial charge in [-0.3, -0.25) is 0 Å². The largest absolute Gasteiger partial charge is 0.491 e. The molecule has 0 saturated carbocycles. The van der Waals surface area contributed by atoms with Crippen LogP contribution in [0.3, 0.4) is 0 Å². The summed E-state index contributed by atoms with van der Waals surface area (Å²) in [5.74, 6) is -1.78. The average Bonchev–Trinajstić information content (AvgIpc) is 3.55. The fourth-order valence-corrected chi connectivity index (χ4v) is 7.41. The van der Waals surface area contributed by atoms with E-state index in [1.165, 1.54) is 6.07 Å². The van der Waals surface area contributed by atoms with E-state index < -0.39 is 41.6 Å². The van der Waals surface area contributed by atoms with Crippen molar-refractivity contribution in [1.82, 2.24) is 0 Å². The molecule has 2 aliphatic heterocycles. The summed E-state index contributed by atoms with van der Waals surface area (Å²) in [6, 6.07) is 40.0. The highest BCUT2D eigenvalue weighted by molar-refractivity contribution is 6.31. The molecule has 2 fully saturated rings. The van der Waals surface area contributed by atoms with Crippen molar-refractivity contribution in [3.8, 4) is 5.75 Å². The summed E-state index contributed by atoms with van der Waals surface area (Å²) in [4.78, 5) is 0. The summed E-state index contributed by atoms with van der Waals surface area (Å²) in [7, 11) is 0. The molecule has 0 spiro atoms. The Morgan fingerprint density at radius 3 is 1.91 bits per heavy atom. The SMILES string of the molecule is CCOc1ccc(Cc2cc([C@]34OC[C@](C(C)O)(O3)[C@H](OCc3ccccc3)[C@H](OCc3ccccc3)[C@H]4OCc3ccccc3)ccc2Cl)cc1F. The number of benzene rings is 5. The van der Waals surface area contributed by atoms with Crippen molar-refractivity contribution in [3.05, 3.63) is 172 Å². The lowest BCUT2D eigenvalue weighted by Gasteiger charge is -2.52. The van der Waals surface area contributed by atoms with Gasteiger partial charge in [-0.1, -0.05) is 115 Å². The van der Waals surface area contributed by atoms with Gasteiger partial charge >= 0.3 is 0 Å². The van der Waals surface area contributed by atoms with Crippen molar-refractivity contribution in [2.75, 3.05) is 13.2 Å². The molecule has 0 aliphatic carbocycles. The van der Waals surface area contributed by atoms with Crippen molar-refractivity contribution in [1.29, 1.82) is 0 Å². The van der Waals surface area contributed by atoms with E-state index in [-0.39, 0.29) is 32.2 Å². The first kappa shape index (κ1) is 37.2. The maximum absolute atomic E-state index is 14.9. The fourth-order valence-electron chi connectivity index (χ4n) is 7.22. The van der Waals surface area contributed by atoms with Crippen LogP contribution in [0.15, 0.2) is 127 Å². The number of hydrogen-bond donors (Lipinski definition) is 1. The van der Waals surface area contributed by atoms with Crippen LogP contribution in [-0.2, 0) is 55.7 Å². The van der Waals surface area contributed by atoms with Gasteiger partial charge in [0.1, 0.15) is 23.9 Å². The monoisotopic (exact) mass is 738 g/mol. The first-order valence-electron chi connectivity index (χ1n) is 18.0. The molecule has 2 bridgehead atoms. The molecule has 5 aromatic carbocycles. The lowest BCUT2D eigenvalue weighted by atomic mass is 9.80. The molecule has 2 aliphatic rings. The topological polar surface area (TPSA) is 75.6 Å². The Kier molecular flexibility index (Phi) is 11.6. The summed E-state index contributed by atoms with van der Waals surface area (Å²) in [6.45, 7) is 4.59. The maximum atomic E-state index is 14.9. The van der Waals surface area contributed by atoms with Crippen LogP contribution in [0.2, 0.25) is 5.02 Å². The van der Waals surface area contributed by atoms with Crippen LogP contribution in [0.25, 0.3) is 0 Å². The van der Waals surface area contributed by atoms with Crippen molar-refractivity contribution >= 4 is 11.6 Å². The standard InChI is InChI=1S/C44H44ClFO7/c1-3-48-39-22-19-34(24-38(39)46)23-35-25-36(20-21-37(35)45)44-42(51-28-33-17-11-6-12-18-33)40(49-26-31-13-7-4-8-14-31)41(43(53-44,29-52-44)30(2)47)50-27-32-15-9-5-10-16-32/h4-22,24-25,30,40-42,47H,3,23,26-29H2,1-2H3/t30?,40-,41+,42+,43+,44-/m0/s1. The number of fused-ring (bicyclic) bond motifs is 2. The number of aliphatic hydroxyl groups excluding tert-OH is 1. The summed E-state index contributed by atoms with van der Waals surface area (Å²) < 4.78 is 54.7. The first-order valence-corrected chi connectivity index (χ1v) is 18.4. The summed E-state index contributed by atoms with van der Waals surface area (Å²) in [6.07, 6.45) is -3.14. The molecule has 0 radical (unpaired) electrons. The molecular formula is C44H44ClFO7. The normalized spacial score (nSPS) is 24.2. The second-order valence-electron chi connectivity index (χ2n) is 13.6. The van der Waals surface area contributed by atoms with E-state index in [1.807, 2.05) is 116 Å². The highest BCUT2D eigenvalue weighted by Gasteiger charge is 2.71. The smallest absolute Gasteiger partial charge is 0.225 e. The van der Waals surface area contributed by atoms with E-state index in [4.69, 9.17) is 40.0 Å². The van der Waals surface area contributed by atoms with Gasteiger partial charge < -0.3 is 33.5 Å². The Bertz CT molecular complexity index is 1950. The van der Waals surface area contributed by atoms with Crippen molar-refractivity contribution in [3.63, 3.8) is 0 Å². The number of ether oxygens (including phenoxy) is 6. The predicted molar refractivity (Wildman–Crippen MR) is 200 cm³/mol. The minimum Gasteiger partial charge on any atom is -0.491 e. The third-order valence-corrected chi connectivity index (χ3v) is 10.4. The second kappa shape index (κ2) is 16.5. The van der Waals surface area contributed by atoms with Crippen LogP contribution in [0.5, 0.6) is 5.75 Å².